The number of hydrogen-bond donors (Lipinski definition) is 0. The summed E-state index contributed by atoms with van der Waals surface area (Å²) in [7, 11) is 2.11. The molecule has 0 saturated heterocycles. The topological polar surface area (TPSA) is 46.3 Å². The first-order valence-corrected chi connectivity index (χ1v) is 8.72. The first-order chi connectivity index (χ1) is 12.7. The predicted octanol–water partition coefficient (Wildman–Crippen LogP) is 3.98. The number of fused-ring (bicyclic) bond motifs is 1. The summed E-state index contributed by atoms with van der Waals surface area (Å²) >= 11 is 0. The van der Waals surface area contributed by atoms with Crippen molar-refractivity contribution in [1.29, 1.82) is 0 Å². The van der Waals surface area contributed by atoms with E-state index in [9.17, 15) is 0 Å². The van der Waals surface area contributed by atoms with Crippen LogP contribution < -0.4 is 0 Å². The lowest BCUT2D eigenvalue weighted by Gasteiger charge is -2.24. The van der Waals surface area contributed by atoms with Crippen molar-refractivity contribution in [2.75, 3.05) is 7.05 Å². The predicted molar refractivity (Wildman–Crippen MR) is 103 cm³/mol. The molecule has 1 aromatic carbocycles. The molecule has 26 heavy (non-hydrogen) atoms. The minimum Gasteiger partial charge on any atom is -0.292 e. The average Bonchev–Trinajstić information content (AvgIpc) is 3.07. The summed E-state index contributed by atoms with van der Waals surface area (Å²) in [5.41, 5.74) is 4.27. The normalized spacial score (nSPS) is 12.6. The molecular formula is C21H21N5. The fraction of sp³-hybridized carbons (Fsp3) is 0.190. The Morgan fingerprint density at radius 1 is 0.962 bits per heavy atom. The highest BCUT2D eigenvalue weighted by molar-refractivity contribution is 5.65. The first-order valence-electron chi connectivity index (χ1n) is 8.72. The van der Waals surface area contributed by atoms with E-state index in [2.05, 4.69) is 51.4 Å². The fourth-order valence-corrected chi connectivity index (χ4v) is 3.14. The fourth-order valence-electron chi connectivity index (χ4n) is 3.14. The summed E-state index contributed by atoms with van der Waals surface area (Å²) in [5.74, 6) is 0.722. The molecule has 3 heterocycles. The highest BCUT2D eigenvalue weighted by Crippen LogP contribution is 2.27. The number of rotatable bonds is 5. The maximum Gasteiger partial charge on any atom is 0.234 e. The van der Waals surface area contributed by atoms with E-state index >= 15 is 0 Å². The summed E-state index contributed by atoms with van der Waals surface area (Å²) in [6.07, 6.45) is 5.64. The second-order valence-electron chi connectivity index (χ2n) is 6.41. The van der Waals surface area contributed by atoms with Crippen LogP contribution in [0.25, 0.3) is 17.0 Å². The van der Waals surface area contributed by atoms with Crippen molar-refractivity contribution in [3.8, 4) is 11.3 Å². The molecule has 0 radical (unpaired) electrons. The summed E-state index contributed by atoms with van der Waals surface area (Å²) < 4.78 is 2.07. The van der Waals surface area contributed by atoms with E-state index in [0.717, 1.165) is 35.0 Å². The third-order valence-corrected chi connectivity index (χ3v) is 4.73. The second kappa shape index (κ2) is 7.06. The Bertz CT molecular complexity index is 995. The molecule has 0 aliphatic carbocycles. The third-order valence-electron chi connectivity index (χ3n) is 4.73. The zero-order valence-corrected chi connectivity index (χ0v) is 14.9. The van der Waals surface area contributed by atoms with E-state index in [1.807, 2.05) is 48.8 Å². The highest BCUT2D eigenvalue weighted by Gasteiger charge is 2.19. The lowest BCUT2D eigenvalue weighted by Crippen LogP contribution is -2.23. The molecule has 0 bridgehead atoms. The molecule has 0 saturated carbocycles. The minimum absolute atomic E-state index is 0.196. The van der Waals surface area contributed by atoms with Crippen molar-refractivity contribution in [2.45, 2.75) is 19.5 Å². The average molecular weight is 343 g/mol. The molecule has 0 spiro atoms. The van der Waals surface area contributed by atoms with Crippen LogP contribution in [0, 0.1) is 0 Å². The van der Waals surface area contributed by atoms with E-state index in [0.29, 0.717) is 0 Å². The van der Waals surface area contributed by atoms with Gasteiger partial charge in [-0.15, -0.1) is 0 Å². The Morgan fingerprint density at radius 2 is 1.73 bits per heavy atom. The monoisotopic (exact) mass is 343 g/mol. The van der Waals surface area contributed by atoms with Gasteiger partial charge in [-0.1, -0.05) is 36.4 Å². The number of benzene rings is 1. The number of aromatic nitrogens is 4. The maximum absolute atomic E-state index is 4.78. The van der Waals surface area contributed by atoms with Crippen LogP contribution in [0.1, 0.15) is 24.4 Å². The molecule has 0 aliphatic rings. The van der Waals surface area contributed by atoms with E-state index < -0.39 is 0 Å². The van der Waals surface area contributed by atoms with Gasteiger partial charge in [0.1, 0.15) is 0 Å². The highest BCUT2D eigenvalue weighted by atomic mass is 15.2. The summed E-state index contributed by atoms with van der Waals surface area (Å²) in [5, 5.41) is 0. The van der Waals surface area contributed by atoms with E-state index in [1.165, 1.54) is 0 Å². The SMILES string of the molecule is C[C@@H](c1ccccn1)N(C)Cc1c(-c2ccccc2)nc2ncccn12. The lowest BCUT2D eigenvalue weighted by atomic mass is 10.1. The zero-order chi connectivity index (χ0) is 17.9. The quantitative estimate of drug-likeness (QED) is 0.550. The van der Waals surface area contributed by atoms with Crippen molar-refractivity contribution in [1.82, 2.24) is 24.3 Å². The summed E-state index contributed by atoms with van der Waals surface area (Å²) in [6.45, 7) is 2.92. The van der Waals surface area contributed by atoms with Gasteiger partial charge in [0.2, 0.25) is 5.78 Å². The number of hydrogen-bond acceptors (Lipinski definition) is 4. The van der Waals surface area contributed by atoms with Gasteiger partial charge in [0, 0.05) is 36.7 Å². The van der Waals surface area contributed by atoms with Gasteiger partial charge in [0.15, 0.2) is 0 Å². The Balaban J connectivity index is 1.73. The van der Waals surface area contributed by atoms with Crippen LogP contribution in [-0.4, -0.2) is 31.3 Å². The van der Waals surface area contributed by atoms with Gasteiger partial charge in [-0.2, -0.15) is 0 Å². The van der Waals surface area contributed by atoms with Gasteiger partial charge in [-0.05, 0) is 32.2 Å². The van der Waals surface area contributed by atoms with Crippen LogP contribution in [0.3, 0.4) is 0 Å². The molecule has 130 valence electrons. The van der Waals surface area contributed by atoms with Crippen LogP contribution in [0.5, 0.6) is 0 Å². The summed E-state index contributed by atoms with van der Waals surface area (Å²) in [6, 6.07) is 18.5. The van der Waals surface area contributed by atoms with Gasteiger partial charge in [0.25, 0.3) is 0 Å². The molecule has 5 nitrogen and oxygen atoms in total. The standard InChI is InChI=1S/C21H21N5/c1-16(18-11-6-7-12-22-18)25(2)15-19-20(17-9-4-3-5-10-17)24-21-23-13-8-14-26(19)21/h3-14,16H,15H2,1-2H3/t16-/m0/s1. The molecule has 5 heteroatoms. The Labute approximate surface area is 153 Å². The van der Waals surface area contributed by atoms with Crippen molar-refractivity contribution in [3.63, 3.8) is 0 Å². The van der Waals surface area contributed by atoms with Crippen LogP contribution in [0.2, 0.25) is 0 Å². The van der Waals surface area contributed by atoms with Crippen LogP contribution in [-0.2, 0) is 6.54 Å². The Hall–Kier alpha value is -3.05. The van der Waals surface area contributed by atoms with Gasteiger partial charge in [-0.3, -0.25) is 14.3 Å². The number of imidazole rings is 1. The van der Waals surface area contributed by atoms with Crippen molar-refractivity contribution < 1.29 is 0 Å². The number of nitrogens with zero attached hydrogens (tertiary/aromatic N) is 5. The van der Waals surface area contributed by atoms with Crippen LogP contribution in [0.15, 0.2) is 73.2 Å². The Morgan fingerprint density at radius 3 is 2.50 bits per heavy atom. The molecule has 4 aromatic rings. The molecule has 0 fully saturated rings. The first kappa shape index (κ1) is 16.4. The molecule has 1 atom stereocenters. The van der Waals surface area contributed by atoms with E-state index in [4.69, 9.17) is 4.98 Å². The van der Waals surface area contributed by atoms with Crippen LogP contribution in [0.4, 0.5) is 0 Å². The zero-order valence-electron chi connectivity index (χ0n) is 14.9. The van der Waals surface area contributed by atoms with Gasteiger partial charge in [0.05, 0.1) is 17.1 Å². The molecule has 0 amide bonds. The lowest BCUT2D eigenvalue weighted by molar-refractivity contribution is 0.245. The molecule has 0 N–H and O–H groups in total. The second-order valence-corrected chi connectivity index (χ2v) is 6.41. The van der Waals surface area contributed by atoms with E-state index in [1.54, 1.807) is 6.20 Å². The third kappa shape index (κ3) is 3.09. The van der Waals surface area contributed by atoms with E-state index in [-0.39, 0.29) is 6.04 Å². The van der Waals surface area contributed by atoms with Crippen molar-refractivity contribution in [3.05, 3.63) is 84.6 Å². The molecular weight excluding hydrogens is 322 g/mol. The van der Waals surface area contributed by atoms with Gasteiger partial charge < -0.3 is 0 Å². The molecule has 0 aliphatic heterocycles. The van der Waals surface area contributed by atoms with Crippen molar-refractivity contribution in [2.24, 2.45) is 0 Å². The summed E-state index contributed by atoms with van der Waals surface area (Å²) in [4.78, 5) is 16.0. The van der Waals surface area contributed by atoms with Gasteiger partial charge in [-0.25, -0.2) is 9.97 Å². The smallest absolute Gasteiger partial charge is 0.234 e. The molecule has 4 rings (SSSR count). The molecule has 3 aromatic heterocycles. The Kier molecular flexibility index (Phi) is 4.46. The van der Waals surface area contributed by atoms with Gasteiger partial charge >= 0.3 is 0 Å². The largest absolute Gasteiger partial charge is 0.292 e. The maximum atomic E-state index is 4.78. The minimum atomic E-state index is 0.196. The van der Waals surface area contributed by atoms with Crippen LogP contribution >= 0.6 is 0 Å². The van der Waals surface area contributed by atoms with Crippen molar-refractivity contribution >= 4 is 5.78 Å². The molecule has 0 unspecified atom stereocenters. The number of pyridine rings is 1.